The zero-order valence-electron chi connectivity index (χ0n) is 14.3. The van der Waals surface area contributed by atoms with Crippen molar-refractivity contribution >= 4 is 17.0 Å². The van der Waals surface area contributed by atoms with Crippen molar-refractivity contribution in [3.8, 4) is 17.0 Å². The van der Waals surface area contributed by atoms with Gasteiger partial charge in [0.15, 0.2) is 4.80 Å². The smallest absolute Gasteiger partial charge is 0.190 e. The van der Waals surface area contributed by atoms with Crippen molar-refractivity contribution in [3.63, 3.8) is 0 Å². The lowest BCUT2D eigenvalue weighted by Gasteiger charge is -2.17. The molecule has 0 unspecified atom stereocenters. The van der Waals surface area contributed by atoms with Crippen molar-refractivity contribution < 1.29 is 4.74 Å². The SMILES string of the molecule is COc1ccccc1-c1csc(=Nc2cccnc2)n1C1CCCC1. The molecule has 1 saturated carbocycles. The van der Waals surface area contributed by atoms with Crippen LogP contribution in [0.1, 0.15) is 31.7 Å². The number of para-hydroxylation sites is 1. The van der Waals surface area contributed by atoms with Gasteiger partial charge in [-0.1, -0.05) is 25.0 Å². The van der Waals surface area contributed by atoms with Crippen LogP contribution in [0.25, 0.3) is 11.3 Å². The molecule has 0 saturated heterocycles. The summed E-state index contributed by atoms with van der Waals surface area (Å²) in [6.07, 6.45) is 8.56. The highest BCUT2D eigenvalue weighted by Crippen LogP contribution is 2.36. The van der Waals surface area contributed by atoms with E-state index < -0.39 is 0 Å². The summed E-state index contributed by atoms with van der Waals surface area (Å²) in [6.45, 7) is 0. The monoisotopic (exact) mass is 351 g/mol. The van der Waals surface area contributed by atoms with Crippen LogP contribution in [0, 0.1) is 0 Å². The normalized spacial score (nSPS) is 15.6. The van der Waals surface area contributed by atoms with Crippen LogP contribution < -0.4 is 9.54 Å². The average molecular weight is 351 g/mol. The third-order valence-electron chi connectivity index (χ3n) is 4.69. The Labute approximate surface area is 151 Å². The lowest BCUT2D eigenvalue weighted by molar-refractivity contribution is 0.415. The minimum absolute atomic E-state index is 0.501. The quantitative estimate of drug-likeness (QED) is 0.666. The molecular weight excluding hydrogens is 330 g/mol. The Morgan fingerprint density at radius 2 is 2.00 bits per heavy atom. The number of pyridine rings is 1. The third-order valence-corrected chi connectivity index (χ3v) is 5.52. The van der Waals surface area contributed by atoms with Crippen molar-refractivity contribution in [2.24, 2.45) is 4.99 Å². The Morgan fingerprint density at radius 1 is 1.16 bits per heavy atom. The number of nitrogens with zero attached hydrogens (tertiary/aromatic N) is 3. The van der Waals surface area contributed by atoms with Crippen LogP contribution in [0.2, 0.25) is 0 Å². The van der Waals surface area contributed by atoms with Gasteiger partial charge in [0.05, 0.1) is 24.7 Å². The Morgan fingerprint density at radius 3 is 2.76 bits per heavy atom. The molecule has 1 aliphatic carbocycles. The summed E-state index contributed by atoms with van der Waals surface area (Å²) < 4.78 is 8.00. The van der Waals surface area contributed by atoms with Crippen molar-refractivity contribution in [2.45, 2.75) is 31.7 Å². The molecule has 1 aliphatic rings. The van der Waals surface area contributed by atoms with Crippen molar-refractivity contribution in [1.29, 1.82) is 0 Å². The number of benzene rings is 1. The molecule has 4 rings (SSSR count). The molecule has 0 atom stereocenters. The van der Waals surface area contributed by atoms with Gasteiger partial charge in [-0.15, -0.1) is 11.3 Å². The van der Waals surface area contributed by atoms with E-state index in [9.17, 15) is 0 Å². The number of methoxy groups -OCH3 is 1. The van der Waals surface area contributed by atoms with Gasteiger partial charge in [0.1, 0.15) is 5.75 Å². The second kappa shape index (κ2) is 7.23. The number of hydrogen-bond donors (Lipinski definition) is 0. The van der Waals surface area contributed by atoms with Crippen LogP contribution >= 0.6 is 11.3 Å². The highest BCUT2D eigenvalue weighted by molar-refractivity contribution is 7.07. The predicted molar refractivity (Wildman–Crippen MR) is 101 cm³/mol. The lowest BCUT2D eigenvalue weighted by atomic mass is 10.1. The second-order valence-corrected chi connectivity index (χ2v) is 7.07. The Bertz CT molecular complexity index is 908. The molecule has 4 nitrogen and oxygen atoms in total. The summed E-state index contributed by atoms with van der Waals surface area (Å²) in [6, 6.07) is 12.6. The number of aromatic nitrogens is 2. The first-order chi connectivity index (χ1) is 12.4. The maximum Gasteiger partial charge on any atom is 0.190 e. The second-order valence-electron chi connectivity index (χ2n) is 6.24. The van der Waals surface area contributed by atoms with Gasteiger partial charge in [-0.2, -0.15) is 0 Å². The fraction of sp³-hybridized carbons (Fsp3) is 0.300. The molecule has 0 bridgehead atoms. The molecule has 2 heterocycles. The number of rotatable bonds is 4. The molecule has 3 aromatic rings. The van der Waals surface area contributed by atoms with Gasteiger partial charge in [0.2, 0.25) is 0 Å². The van der Waals surface area contributed by atoms with Crippen molar-refractivity contribution in [3.05, 3.63) is 59.0 Å². The Hall–Kier alpha value is -2.40. The van der Waals surface area contributed by atoms with E-state index in [2.05, 4.69) is 27.1 Å². The fourth-order valence-electron chi connectivity index (χ4n) is 3.50. The Balaban J connectivity index is 1.89. The predicted octanol–water partition coefficient (Wildman–Crippen LogP) is 4.97. The standard InChI is InChI=1S/C20H21N3OS/c1-24-19-11-5-4-10-17(19)18-14-25-20(22-15-7-6-12-21-13-15)23(18)16-8-2-3-9-16/h4-7,10-14,16H,2-3,8-9H2,1H3. The topological polar surface area (TPSA) is 39.4 Å². The van der Waals surface area contributed by atoms with E-state index in [0.29, 0.717) is 6.04 Å². The summed E-state index contributed by atoms with van der Waals surface area (Å²) in [5, 5.41) is 2.20. The maximum absolute atomic E-state index is 5.60. The molecule has 5 heteroatoms. The van der Waals surface area contributed by atoms with Gasteiger partial charge < -0.3 is 9.30 Å². The fourth-order valence-corrected chi connectivity index (χ4v) is 4.48. The van der Waals surface area contributed by atoms with Gasteiger partial charge in [-0.3, -0.25) is 4.98 Å². The van der Waals surface area contributed by atoms with E-state index >= 15 is 0 Å². The van der Waals surface area contributed by atoms with Crippen LogP contribution in [-0.2, 0) is 0 Å². The molecule has 128 valence electrons. The molecule has 0 amide bonds. The highest BCUT2D eigenvalue weighted by Gasteiger charge is 2.22. The molecule has 0 N–H and O–H groups in total. The third kappa shape index (κ3) is 3.24. The van der Waals surface area contributed by atoms with Crippen LogP contribution in [-0.4, -0.2) is 16.7 Å². The van der Waals surface area contributed by atoms with E-state index in [1.54, 1.807) is 24.6 Å². The van der Waals surface area contributed by atoms with Crippen molar-refractivity contribution in [2.75, 3.05) is 7.11 Å². The first kappa shape index (κ1) is 16.1. The van der Waals surface area contributed by atoms with E-state index in [1.165, 1.54) is 31.4 Å². The molecule has 2 aromatic heterocycles. The average Bonchev–Trinajstić information content (AvgIpc) is 3.32. The summed E-state index contributed by atoms with van der Waals surface area (Å²) in [4.78, 5) is 10.1. The molecule has 0 spiro atoms. The van der Waals surface area contributed by atoms with Gasteiger partial charge >= 0.3 is 0 Å². The van der Waals surface area contributed by atoms with Crippen LogP contribution in [0.3, 0.4) is 0 Å². The van der Waals surface area contributed by atoms with Gasteiger partial charge in [-0.05, 0) is 37.1 Å². The van der Waals surface area contributed by atoms with Gasteiger partial charge in [-0.25, -0.2) is 4.99 Å². The number of thiazole rings is 1. The van der Waals surface area contributed by atoms with Crippen LogP contribution in [0.15, 0.2) is 59.2 Å². The summed E-state index contributed by atoms with van der Waals surface area (Å²) in [5.74, 6) is 0.903. The molecule has 0 radical (unpaired) electrons. The minimum Gasteiger partial charge on any atom is -0.496 e. The van der Waals surface area contributed by atoms with Crippen molar-refractivity contribution in [1.82, 2.24) is 9.55 Å². The Kier molecular flexibility index (Phi) is 4.65. The maximum atomic E-state index is 5.60. The summed E-state index contributed by atoms with van der Waals surface area (Å²) in [7, 11) is 1.73. The van der Waals surface area contributed by atoms with Crippen LogP contribution in [0.5, 0.6) is 5.75 Å². The zero-order chi connectivity index (χ0) is 17.1. The lowest BCUT2D eigenvalue weighted by Crippen LogP contribution is -2.20. The number of hydrogen-bond acceptors (Lipinski definition) is 4. The van der Waals surface area contributed by atoms with Gasteiger partial charge in [0.25, 0.3) is 0 Å². The summed E-state index contributed by atoms with van der Waals surface area (Å²) >= 11 is 1.68. The van der Waals surface area contributed by atoms with E-state index in [4.69, 9.17) is 9.73 Å². The van der Waals surface area contributed by atoms with Gasteiger partial charge in [0, 0.05) is 23.2 Å². The molecule has 1 fully saturated rings. The molecular formula is C20H21N3OS. The minimum atomic E-state index is 0.501. The van der Waals surface area contributed by atoms with Crippen LogP contribution in [0.4, 0.5) is 5.69 Å². The number of ether oxygens (including phenoxy) is 1. The largest absolute Gasteiger partial charge is 0.496 e. The van der Waals surface area contributed by atoms with E-state index in [-0.39, 0.29) is 0 Å². The summed E-state index contributed by atoms with van der Waals surface area (Å²) in [5.41, 5.74) is 3.21. The molecule has 25 heavy (non-hydrogen) atoms. The molecule has 0 aliphatic heterocycles. The molecule has 1 aromatic carbocycles. The highest BCUT2D eigenvalue weighted by atomic mass is 32.1. The zero-order valence-corrected chi connectivity index (χ0v) is 15.1. The van der Waals surface area contributed by atoms with E-state index in [1.807, 2.05) is 30.5 Å². The van der Waals surface area contributed by atoms with E-state index in [0.717, 1.165) is 21.8 Å². The first-order valence-electron chi connectivity index (χ1n) is 8.65. The first-order valence-corrected chi connectivity index (χ1v) is 9.53.